The van der Waals surface area contributed by atoms with Crippen molar-refractivity contribution in [2.24, 2.45) is 10.1 Å². The Balaban J connectivity index is 1.67. The van der Waals surface area contributed by atoms with Gasteiger partial charge in [-0.1, -0.05) is 47.6 Å². The molecule has 0 saturated heterocycles. The van der Waals surface area contributed by atoms with Gasteiger partial charge in [0.2, 0.25) is 6.17 Å². The highest BCUT2D eigenvalue weighted by atomic mass is 35.5. The van der Waals surface area contributed by atoms with Gasteiger partial charge in [-0.05, 0) is 49.1 Å². The van der Waals surface area contributed by atoms with E-state index in [9.17, 15) is 4.79 Å². The topological polar surface area (TPSA) is 70.2 Å². The maximum absolute atomic E-state index is 12.9. The minimum Gasteiger partial charge on any atom is -0.457 e. The summed E-state index contributed by atoms with van der Waals surface area (Å²) in [7, 11) is 0. The number of thioether (sulfide) groups is 1. The minimum absolute atomic E-state index is 0.209. The number of nitrogens with one attached hydrogen (secondary N) is 1. The summed E-state index contributed by atoms with van der Waals surface area (Å²) in [5, 5.41) is 11.7. The van der Waals surface area contributed by atoms with Crippen LogP contribution in [0.2, 0.25) is 5.02 Å². The number of amides is 1. The van der Waals surface area contributed by atoms with Crippen LogP contribution < -0.4 is 15.9 Å². The number of aryl methyl sites for hydroxylation is 1. The summed E-state index contributed by atoms with van der Waals surface area (Å²) in [5.41, 5.74) is 2.43. The van der Waals surface area contributed by atoms with Gasteiger partial charge in [0.15, 0.2) is 10.9 Å². The second-order valence-electron chi connectivity index (χ2n) is 6.94. The third-order valence-electron chi connectivity index (χ3n) is 5.06. The van der Waals surface area contributed by atoms with Gasteiger partial charge in [0.1, 0.15) is 11.5 Å². The third-order valence-corrected chi connectivity index (χ3v) is 5.86. The number of fused-ring (bicyclic) bond motifs is 2. The molecule has 2 aliphatic heterocycles. The molecule has 150 valence electrons. The highest BCUT2D eigenvalue weighted by Gasteiger charge is 2.35. The Labute approximate surface area is 181 Å². The van der Waals surface area contributed by atoms with Gasteiger partial charge >= 0.3 is 0 Å². The molecule has 0 aliphatic carbocycles. The monoisotopic (exact) mass is 436 g/mol. The van der Waals surface area contributed by atoms with Gasteiger partial charge in [0.05, 0.1) is 5.36 Å². The minimum atomic E-state index is -0.587. The second-order valence-corrected chi connectivity index (χ2v) is 8.17. The number of rotatable bonds is 2. The predicted octanol–water partition coefficient (Wildman–Crippen LogP) is 3.41. The number of furan rings is 1. The van der Waals surface area contributed by atoms with Gasteiger partial charge in [-0.15, -0.1) is 5.10 Å². The van der Waals surface area contributed by atoms with Gasteiger partial charge < -0.3 is 4.42 Å². The molecule has 8 heteroatoms. The zero-order chi connectivity index (χ0) is 20.8. The van der Waals surface area contributed by atoms with E-state index in [1.807, 2.05) is 67.8 Å². The molecule has 2 aliphatic rings. The number of halogens is 1. The van der Waals surface area contributed by atoms with E-state index < -0.39 is 6.17 Å². The van der Waals surface area contributed by atoms with E-state index in [-0.39, 0.29) is 5.91 Å². The number of amidine groups is 1. The first-order valence-electron chi connectivity index (χ1n) is 9.32. The van der Waals surface area contributed by atoms with Crippen LogP contribution in [0.15, 0.2) is 69.1 Å². The Morgan fingerprint density at radius 2 is 2.00 bits per heavy atom. The average Bonchev–Trinajstić information content (AvgIpc) is 3.24. The smallest absolute Gasteiger partial charge is 0.276 e. The first-order chi connectivity index (χ1) is 14.5. The molecule has 6 nitrogen and oxygen atoms in total. The molecule has 0 unspecified atom stereocenters. The molecule has 2 aromatic carbocycles. The summed E-state index contributed by atoms with van der Waals surface area (Å²) >= 11 is 7.55. The number of carbonyl (C=O) groups excluding carboxylic acids is 1. The van der Waals surface area contributed by atoms with E-state index in [1.165, 1.54) is 11.8 Å². The Bertz CT molecular complexity index is 1330. The van der Waals surface area contributed by atoms with Crippen molar-refractivity contribution in [2.45, 2.75) is 13.1 Å². The Morgan fingerprint density at radius 1 is 1.17 bits per heavy atom. The first kappa shape index (κ1) is 19.0. The maximum Gasteiger partial charge on any atom is 0.276 e. The summed E-state index contributed by atoms with van der Waals surface area (Å²) in [6, 6.07) is 17.0. The van der Waals surface area contributed by atoms with Crippen LogP contribution in [-0.4, -0.2) is 22.3 Å². The maximum atomic E-state index is 12.9. The lowest BCUT2D eigenvalue weighted by Gasteiger charge is -2.32. The molecule has 5 rings (SSSR count). The fraction of sp³-hybridized carbons (Fsp3) is 0.136. The van der Waals surface area contributed by atoms with Crippen molar-refractivity contribution in [1.29, 1.82) is 0 Å². The number of para-hydroxylation sites is 1. The molecule has 1 N–H and O–H groups in total. The van der Waals surface area contributed by atoms with E-state index in [1.54, 1.807) is 5.01 Å². The van der Waals surface area contributed by atoms with E-state index in [2.05, 4.69) is 10.4 Å². The van der Waals surface area contributed by atoms with E-state index in [0.29, 0.717) is 27.4 Å². The quantitative estimate of drug-likeness (QED) is 0.668. The van der Waals surface area contributed by atoms with E-state index in [0.717, 1.165) is 21.7 Å². The van der Waals surface area contributed by atoms with Crippen molar-refractivity contribution in [2.75, 3.05) is 6.26 Å². The van der Waals surface area contributed by atoms with Crippen LogP contribution in [0.4, 0.5) is 0 Å². The molecule has 3 aromatic rings. The highest BCUT2D eigenvalue weighted by molar-refractivity contribution is 8.13. The lowest BCUT2D eigenvalue weighted by Crippen LogP contribution is -2.50. The van der Waals surface area contributed by atoms with E-state index >= 15 is 0 Å². The molecule has 3 heterocycles. The Morgan fingerprint density at radius 3 is 2.83 bits per heavy atom. The van der Waals surface area contributed by atoms with Crippen LogP contribution in [0, 0.1) is 6.92 Å². The fourth-order valence-corrected chi connectivity index (χ4v) is 4.14. The van der Waals surface area contributed by atoms with Crippen molar-refractivity contribution in [3.05, 3.63) is 81.5 Å². The summed E-state index contributed by atoms with van der Waals surface area (Å²) in [6.07, 6.45) is 1.28. The standard InChI is InChI=1S/C22H17ClN4O2S/c1-12-7-8-13(23)11-15(12)17-9-10-18(29-17)20-24-16-6-4-3-5-14(16)19-21(28)25-22(30-2)26-27(19)20/h3-11,20H,1-2H3,(H,25,26,28)/t20-/m1/s1. The zero-order valence-electron chi connectivity index (χ0n) is 16.2. The van der Waals surface area contributed by atoms with Crippen molar-refractivity contribution < 1.29 is 9.21 Å². The average molecular weight is 437 g/mol. The van der Waals surface area contributed by atoms with Gasteiger partial charge in [-0.25, -0.2) is 10.0 Å². The zero-order valence-corrected chi connectivity index (χ0v) is 17.8. The number of hydrogen-bond donors (Lipinski definition) is 1. The Kier molecular flexibility index (Phi) is 4.64. The highest BCUT2D eigenvalue weighted by Crippen LogP contribution is 2.35. The summed E-state index contributed by atoms with van der Waals surface area (Å²) in [6.45, 7) is 2.00. The van der Waals surface area contributed by atoms with Crippen molar-refractivity contribution >= 4 is 40.1 Å². The lowest BCUT2D eigenvalue weighted by molar-refractivity contribution is -0.116. The number of benzene rings is 2. The molecule has 1 amide bonds. The van der Waals surface area contributed by atoms with Crippen molar-refractivity contribution in [3.8, 4) is 11.3 Å². The number of carbonyl (C=O) groups is 1. The molecule has 30 heavy (non-hydrogen) atoms. The first-order valence-corrected chi connectivity index (χ1v) is 10.9. The molecular weight excluding hydrogens is 420 g/mol. The number of nitrogens with zero attached hydrogens (tertiary/aromatic N) is 3. The largest absolute Gasteiger partial charge is 0.457 e. The fourth-order valence-electron chi connectivity index (χ4n) is 3.60. The van der Waals surface area contributed by atoms with Crippen LogP contribution in [0.25, 0.3) is 17.0 Å². The van der Waals surface area contributed by atoms with Gasteiger partial charge in [-0.2, -0.15) is 0 Å². The second kappa shape index (κ2) is 7.34. The molecule has 0 radical (unpaired) electrons. The molecular formula is C22H17ClN4O2S. The molecule has 0 saturated carbocycles. The van der Waals surface area contributed by atoms with E-state index in [4.69, 9.17) is 21.0 Å². The molecule has 1 atom stereocenters. The van der Waals surface area contributed by atoms with Crippen LogP contribution in [0.1, 0.15) is 17.5 Å². The molecule has 0 fully saturated rings. The third kappa shape index (κ3) is 3.11. The van der Waals surface area contributed by atoms with Gasteiger partial charge in [0, 0.05) is 15.8 Å². The van der Waals surface area contributed by atoms with Crippen LogP contribution >= 0.6 is 23.4 Å². The summed E-state index contributed by atoms with van der Waals surface area (Å²) < 4.78 is 6.20. The van der Waals surface area contributed by atoms with Crippen LogP contribution in [0.5, 0.6) is 0 Å². The van der Waals surface area contributed by atoms with Crippen LogP contribution in [-0.2, 0) is 4.79 Å². The lowest BCUT2D eigenvalue weighted by atomic mass is 10.1. The predicted molar refractivity (Wildman–Crippen MR) is 118 cm³/mol. The normalized spacial score (nSPS) is 17.6. The SMILES string of the molecule is CSC1=NN2C(=c3ccccc3=N[C@H]2c2ccc(-c3cc(Cl)ccc3C)o2)C(=O)N1. The van der Waals surface area contributed by atoms with Crippen LogP contribution in [0.3, 0.4) is 0 Å². The molecule has 0 spiro atoms. The van der Waals surface area contributed by atoms with Gasteiger partial charge in [-0.3, -0.25) is 10.1 Å². The van der Waals surface area contributed by atoms with Gasteiger partial charge in [0.25, 0.3) is 5.91 Å². The molecule has 0 bridgehead atoms. The number of hydrogen-bond acceptors (Lipinski definition) is 6. The summed E-state index contributed by atoms with van der Waals surface area (Å²) in [5.74, 6) is 1.07. The summed E-state index contributed by atoms with van der Waals surface area (Å²) in [4.78, 5) is 17.7. The van der Waals surface area contributed by atoms with Crippen molar-refractivity contribution in [1.82, 2.24) is 10.3 Å². The Hall–Kier alpha value is -3.03. The molecule has 1 aromatic heterocycles. The number of hydrazone groups is 1. The van der Waals surface area contributed by atoms with Crippen molar-refractivity contribution in [3.63, 3.8) is 0 Å².